The maximum atomic E-state index is 11.9. The molecule has 1 unspecified atom stereocenters. The van der Waals surface area contributed by atoms with Crippen molar-refractivity contribution in [3.63, 3.8) is 0 Å². The van der Waals surface area contributed by atoms with Crippen LogP contribution < -0.4 is 0 Å². The number of hydrogen-bond donors (Lipinski definition) is 1. The zero-order valence-corrected chi connectivity index (χ0v) is 9.88. The van der Waals surface area contributed by atoms with Crippen molar-refractivity contribution in [3.05, 3.63) is 35.9 Å². The Morgan fingerprint density at radius 1 is 1.35 bits per heavy atom. The van der Waals surface area contributed by atoms with Crippen LogP contribution in [-0.4, -0.2) is 28.4 Å². The summed E-state index contributed by atoms with van der Waals surface area (Å²) in [6.45, 7) is 4.14. The van der Waals surface area contributed by atoms with Crippen LogP contribution in [0.1, 0.15) is 25.5 Å². The number of benzene rings is 1. The third kappa shape index (κ3) is 1.90. The maximum absolute atomic E-state index is 11.9. The van der Waals surface area contributed by atoms with E-state index in [1.54, 1.807) is 24.3 Å². The molecule has 0 aliphatic carbocycles. The second kappa shape index (κ2) is 3.87. The van der Waals surface area contributed by atoms with Gasteiger partial charge in [-0.05, 0) is 19.4 Å². The summed E-state index contributed by atoms with van der Waals surface area (Å²) < 4.78 is 0. The molecule has 1 atom stereocenters. The Balaban J connectivity index is 2.27. The maximum Gasteiger partial charge on any atom is 0.331 e. The average Bonchev–Trinajstić information content (AvgIpc) is 2.29. The molecule has 1 fully saturated rings. The molecule has 0 radical (unpaired) electrons. The summed E-state index contributed by atoms with van der Waals surface area (Å²) in [5.41, 5.74) is 0.214. The predicted molar refractivity (Wildman–Crippen MR) is 62.3 cm³/mol. The molecule has 1 saturated heterocycles. The number of likely N-dealkylation sites (tertiary alicyclic amines) is 1. The molecule has 1 heterocycles. The first-order chi connectivity index (χ1) is 7.93. The Morgan fingerprint density at radius 2 is 1.94 bits per heavy atom. The number of hydrogen-bond acceptors (Lipinski definition) is 2. The average molecular weight is 233 g/mol. The summed E-state index contributed by atoms with van der Waals surface area (Å²) in [5.74, 6) is -1.09. The molecule has 1 N–H and O–H groups in total. The van der Waals surface area contributed by atoms with Gasteiger partial charge in [0.25, 0.3) is 0 Å². The van der Waals surface area contributed by atoms with E-state index >= 15 is 0 Å². The number of carbonyl (C=O) groups excluding carboxylic acids is 1. The lowest BCUT2D eigenvalue weighted by atomic mass is 9.81. The Bertz CT molecular complexity index is 453. The van der Waals surface area contributed by atoms with Gasteiger partial charge in [-0.15, -0.1) is 0 Å². The Labute approximate surface area is 99.9 Å². The predicted octanol–water partition coefficient (Wildman–Crippen LogP) is 1.68. The number of β-lactam (4-membered cyclic amide) rings is 1. The lowest BCUT2D eigenvalue weighted by Crippen LogP contribution is -2.60. The fraction of sp³-hybridized carbons (Fsp3) is 0.385. The quantitative estimate of drug-likeness (QED) is 0.808. The van der Waals surface area contributed by atoms with Crippen molar-refractivity contribution >= 4 is 11.9 Å². The minimum Gasteiger partial charge on any atom is -0.479 e. The zero-order chi connectivity index (χ0) is 12.6. The van der Waals surface area contributed by atoms with Crippen LogP contribution in [0.5, 0.6) is 0 Å². The van der Waals surface area contributed by atoms with Gasteiger partial charge < -0.3 is 10.0 Å². The zero-order valence-electron chi connectivity index (χ0n) is 9.88. The van der Waals surface area contributed by atoms with Crippen LogP contribution in [0.4, 0.5) is 0 Å². The van der Waals surface area contributed by atoms with Gasteiger partial charge in [0.1, 0.15) is 0 Å². The molecule has 1 aromatic rings. The number of carbonyl (C=O) groups is 2. The van der Waals surface area contributed by atoms with Gasteiger partial charge in [0.2, 0.25) is 5.91 Å². The van der Waals surface area contributed by atoms with E-state index in [0.717, 1.165) is 0 Å². The van der Waals surface area contributed by atoms with Gasteiger partial charge in [-0.1, -0.05) is 30.3 Å². The molecular weight excluding hydrogens is 218 g/mol. The van der Waals surface area contributed by atoms with Gasteiger partial charge in [-0.2, -0.15) is 0 Å². The van der Waals surface area contributed by atoms with Crippen LogP contribution in [0.2, 0.25) is 0 Å². The van der Waals surface area contributed by atoms with Gasteiger partial charge in [0.05, 0.1) is 5.41 Å². The third-order valence-electron chi connectivity index (χ3n) is 3.07. The van der Waals surface area contributed by atoms with Crippen molar-refractivity contribution < 1.29 is 14.7 Å². The topological polar surface area (TPSA) is 57.6 Å². The lowest BCUT2D eigenvalue weighted by molar-refractivity contribution is -0.169. The molecule has 1 aromatic carbocycles. The number of rotatable bonds is 3. The number of amides is 1. The smallest absolute Gasteiger partial charge is 0.331 e. The van der Waals surface area contributed by atoms with Crippen LogP contribution >= 0.6 is 0 Å². The number of aliphatic carboxylic acids is 1. The van der Waals surface area contributed by atoms with Crippen molar-refractivity contribution in [3.8, 4) is 0 Å². The second-order valence-electron chi connectivity index (χ2n) is 4.97. The highest BCUT2D eigenvalue weighted by molar-refractivity contribution is 5.92. The fourth-order valence-electron chi connectivity index (χ4n) is 2.16. The van der Waals surface area contributed by atoms with E-state index < -0.39 is 17.4 Å². The van der Waals surface area contributed by atoms with Crippen molar-refractivity contribution in [2.75, 3.05) is 6.54 Å². The highest BCUT2D eigenvalue weighted by Gasteiger charge is 2.49. The van der Waals surface area contributed by atoms with Gasteiger partial charge in [0, 0.05) is 6.54 Å². The van der Waals surface area contributed by atoms with Gasteiger partial charge in [-0.25, -0.2) is 4.79 Å². The molecule has 1 amide bonds. The Hall–Kier alpha value is -1.84. The Morgan fingerprint density at radius 3 is 2.35 bits per heavy atom. The van der Waals surface area contributed by atoms with Crippen LogP contribution in [-0.2, 0) is 9.59 Å². The first-order valence-electron chi connectivity index (χ1n) is 5.52. The van der Waals surface area contributed by atoms with Crippen LogP contribution in [0.25, 0.3) is 0 Å². The summed E-state index contributed by atoms with van der Waals surface area (Å²) in [7, 11) is 0. The minimum absolute atomic E-state index is 0.103. The highest BCUT2D eigenvalue weighted by atomic mass is 16.4. The van der Waals surface area contributed by atoms with Gasteiger partial charge in [0.15, 0.2) is 6.04 Å². The molecule has 4 heteroatoms. The summed E-state index contributed by atoms with van der Waals surface area (Å²) in [4.78, 5) is 24.6. The van der Waals surface area contributed by atoms with Crippen molar-refractivity contribution in [2.24, 2.45) is 5.41 Å². The summed E-state index contributed by atoms with van der Waals surface area (Å²) in [5, 5.41) is 9.26. The normalized spacial score (nSPS) is 19.6. The first kappa shape index (κ1) is 11.6. The SMILES string of the molecule is CC1(C)CN(C(C(=O)O)c2ccccc2)C1=O. The monoisotopic (exact) mass is 233 g/mol. The Kier molecular flexibility index (Phi) is 2.65. The molecule has 17 heavy (non-hydrogen) atoms. The number of nitrogens with zero attached hydrogens (tertiary/aromatic N) is 1. The molecule has 1 aliphatic heterocycles. The molecular formula is C13H15NO3. The summed E-state index contributed by atoms with van der Waals surface area (Å²) in [6, 6.07) is 7.98. The van der Waals surface area contributed by atoms with Crippen molar-refractivity contribution in [1.29, 1.82) is 0 Å². The van der Waals surface area contributed by atoms with Crippen LogP contribution in [0, 0.1) is 5.41 Å². The number of carboxylic acid groups (broad SMARTS) is 1. The number of carboxylic acids is 1. The second-order valence-corrected chi connectivity index (χ2v) is 4.97. The fourth-order valence-corrected chi connectivity index (χ4v) is 2.16. The molecule has 2 rings (SSSR count). The molecule has 0 bridgehead atoms. The molecule has 4 nitrogen and oxygen atoms in total. The molecule has 0 aromatic heterocycles. The molecule has 0 spiro atoms. The van der Waals surface area contributed by atoms with Gasteiger partial charge in [-0.3, -0.25) is 4.79 Å². The van der Waals surface area contributed by atoms with E-state index in [1.807, 2.05) is 19.9 Å². The molecule has 90 valence electrons. The van der Waals surface area contributed by atoms with Crippen molar-refractivity contribution in [2.45, 2.75) is 19.9 Å². The van der Waals surface area contributed by atoms with E-state index in [4.69, 9.17) is 0 Å². The summed E-state index contributed by atoms with van der Waals surface area (Å²) >= 11 is 0. The van der Waals surface area contributed by atoms with Crippen molar-refractivity contribution in [1.82, 2.24) is 4.90 Å². The van der Waals surface area contributed by atoms with Crippen LogP contribution in [0.3, 0.4) is 0 Å². The highest BCUT2D eigenvalue weighted by Crippen LogP contribution is 2.37. The van der Waals surface area contributed by atoms with E-state index in [0.29, 0.717) is 12.1 Å². The molecule has 1 aliphatic rings. The van der Waals surface area contributed by atoms with Crippen LogP contribution in [0.15, 0.2) is 30.3 Å². The van der Waals surface area contributed by atoms with E-state index in [1.165, 1.54) is 4.90 Å². The third-order valence-corrected chi connectivity index (χ3v) is 3.07. The van der Waals surface area contributed by atoms with E-state index in [2.05, 4.69) is 0 Å². The lowest BCUT2D eigenvalue weighted by Gasteiger charge is -2.47. The summed E-state index contributed by atoms with van der Waals surface area (Å²) in [6.07, 6.45) is 0. The van der Waals surface area contributed by atoms with Gasteiger partial charge >= 0.3 is 5.97 Å². The van der Waals surface area contributed by atoms with E-state index in [-0.39, 0.29) is 5.91 Å². The van der Waals surface area contributed by atoms with E-state index in [9.17, 15) is 14.7 Å². The first-order valence-corrected chi connectivity index (χ1v) is 5.52. The minimum atomic E-state index is -0.986. The standard InChI is InChI=1S/C13H15NO3/c1-13(2)8-14(12(13)17)10(11(15)16)9-6-4-3-5-7-9/h3-7,10H,8H2,1-2H3,(H,15,16). The molecule has 0 saturated carbocycles. The largest absolute Gasteiger partial charge is 0.479 e.